The number of nitrogens with zero attached hydrogens (tertiary/aromatic N) is 7. The van der Waals surface area contributed by atoms with Gasteiger partial charge in [0.15, 0.2) is 5.82 Å². The summed E-state index contributed by atoms with van der Waals surface area (Å²) in [5.41, 5.74) is 10.4. The zero-order valence-corrected chi connectivity index (χ0v) is 19.3. The number of nitrogens with two attached hydrogens (primary N) is 1. The van der Waals surface area contributed by atoms with Gasteiger partial charge in [0, 0.05) is 48.2 Å². The lowest BCUT2D eigenvalue weighted by Crippen LogP contribution is -2.03. The molecule has 0 radical (unpaired) electrons. The van der Waals surface area contributed by atoms with Crippen LogP contribution in [0, 0.1) is 25.5 Å². The van der Waals surface area contributed by atoms with E-state index in [2.05, 4.69) is 25.1 Å². The summed E-state index contributed by atoms with van der Waals surface area (Å²) in [6.07, 6.45) is 3.02. The van der Waals surface area contributed by atoms with Crippen LogP contribution in [0.25, 0.3) is 28.2 Å². The predicted molar refractivity (Wildman–Crippen MR) is 124 cm³/mol. The van der Waals surface area contributed by atoms with Crippen LogP contribution in [0.4, 0.5) is 14.6 Å². The molecular weight excluding hydrogens is 462 g/mol. The van der Waals surface area contributed by atoms with E-state index in [1.54, 1.807) is 29.2 Å². The highest BCUT2D eigenvalue weighted by molar-refractivity contribution is 6.30. The molecule has 4 aromatic heterocycles. The number of nitrogen functional groups attached to an aromatic ring is 1. The molecule has 0 atom stereocenters. The van der Waals surface area contributed by atoms with Crippen molar-refractivity contribution in [3.63, 3.8) is 0 Å². The number of aromatic nitrogens is 7. The van der Waals surface area contributed by atoms with Crippen molar-refractivity contribution in [3.8, 4) is 22.6 Å². The van der Waals surface area contributed by atoms with E-state index in [0.29, 0.717) is 22.6 Å². The second kappa shape index (κ2) is 8.14. The van der Waals surface area contributed by atoms with Gasteiger partial charge in [-0.1, -0.05) is 11.6 Å². The number of fused-ring (bicyclic) bond motifs is 1. The Morgan fingerprint density at radius 2 is 1.91 bits per heavy atom. The third-order valence-corrected chi connectivity index (χ3v) is 6.05. The molecule has 1 aromatic carbocycles. The van der Waals surface area contributed by atoms with Crippen LogP contribution >= 0.6 is 11.6 Å². The fraction of sp³-hybridized carbons (Fsp3) is 0.174. The number of rotatable bonds is 4. The Morgan fingerprint density at radius 1 is 1.12 bits per heavy atom. The second-order valence-electron chi connectivity index (χ2n) is 7.86. The van der Waals surface area contributed by atoms with Gasteiger partial charge in [0.25, 0.3) is 0 Å². The number of halogens is 3. The molecule has 0 aliphatic rings. The molecule has 5 aromatic rings. The highest BCUT2D eigenvalue weighted by Crippen LogP contribution is 2.32. The van der Waals surface area contributed by atoms with E-state index < -0.39 is 11.6 Å². The Kier molecular flexibility index (Phi) is 5.24. The van der Waals surface area contributed by atoms with Crippen LogP contribution in [-0.4, -0.2) is 34.3 Å². The predicted octanol–water partition coefficient (Wildman–Crippen LogP) is 4.31. The summed E-state index contributed by atoms with van der Waals surface area (Å²) >= 11 is 5.85. The summed E-state index contributed by atoms with van der Waals surface area (Å²) in [6, 6.07) is 5.79. The normalized spacial score (nSPS) is 11.5. The minimum atomic E-state index is -0.831. The van der Waals surface area contributed by atoms with Crippen molar-refractivity contribution in [2.75, 3.05) is 5.73 Å². The average Bonchev–Trinajstić information content (AvgIpc) is 3.30. The topological polar surface area (TPSA) is 99.8 Å². The Balaban J connectivity index is 1.62. The molecular formula is C23H19ClF2N8. The van der Waals surface area contributed by atoms with Gasteiger partial charge >= 0.3 is 0 Å². The molecule has 11 heteroatoms. The van der Waals surface area contributed by atoms with Crippen molar-refractivity contribution in [2.45, 2.75) is 20.3 Å². The molecule has 2 N–H and O–H groups in total. The zero-order chi connectivity index (χ0) is 24.1. The van der Waals surface area contributed by atoms with Crippen LogP contribution < -0.4 is 5.73 Å². The first-order chi connectivity index (χ1) is 16.3. The standard InChI is InChI=1S/C23H19ClF2N8/c1-11-19(12(2)33(3)32-11)14-10-28-23(31-22(14)27)21-17-5-4-8-29-34(17)18(30-21)9-13-16(25)7-6-15(24)20(13)26/h4-8,10H,9H2,1-3H3,(H2,27,28,31). The van der Waals surface area contributed by atoms with E-state index in [9.17, 15) is 8.78 Å². The van der Waals surface area contributed by atoms with Crippen molar-refractivity contribution >= 4 is 22.9 Å². The van der Waals surface area contributed by atoms with Crippen molar-refractivity contribution in [1.29, 1.82) is 0 Å². The van der Waals surface area contributed by atoms with E-state index in [1.807, 2.05) is 20.9 Å². The lowest BCUT2D eigenvalue weighted by Gasteiger charge is -2.07. The first-order valence-electron chi connectivity index (χ1n) is 10.3. The van der Waals surface area contributed by atoms with E-state index in [-0.39, 0.29) is 28.6 Å². The summed E-state index contributed by atoms with van der Waals surface area (Å²) in [6.45, 7) is 3.84. The fourth-order valence-electron chi connectivity index (χ4n) is 4.02. The van der Waals surface area contributed by atoms with Crippen LogP contribution in [0.15, 0.2) is 36.7 Å². The Morgan fingerprint density at radius 3 is 2.62 bits per heavy atom. The largest absolute Gasteiger partial charge is 0.383 e. The quantitative estimate of drug-likeness (QED) is 0.385. The monoisotopic (exact) mass is 480 g/mol. The number of aryl methyl sites for hydroxylation is 2. The van der Waals surface area contributed by atoms with Gasteiger partial charge in [0.2, 0.25) is 0 Å². The molecule has 0 unspecified atom stereocenters. The van der Waals surface area contributed by atoms with Crippen molar-refractivity contribution in [3.05, 3.63) is 76.1 Å². The van der Waals surface area contributed by atoms with Crippen LogP contribution in [0.1, 0.15) is 22.8 Å². The lowest BCUT2D eigenvalue weighted by atomic mass is 10.1. The zero-order valence-electron chi connectivity index (χ0n) is 18.5. The maximum absolute atomic E-state index is 14.5. The second-order valence-corrected chi connectivity index (χ2v) is 8.27. The van der Waals surface area contributed by atoms with E-state index in [4.69, 9.17) is 17.3 Å². The number of anilines is 1. The average molecular weight is 481 g/mol. The minimum Gasteiger partial charge on any atom is -0.383 e. The number of benzene rings is 1. The smallest absolute Gasteiger partial charge is 0.182 e. The number of imidazole rings is 1. The van der Waals surface area contributed by atoms with Gasteiger partial charge in [0.1, 0.15) is 29.0 Å². The first kappa shape index (κ1) is 21.9. The van der Waals surface area contributed by atoms with Crippen LogP contribution in [-0.2, 0) is 13.5 Å². The Hall–Kier alpha value is -3.92. The van der Waals surface area contributed by atoms with Crippen molar-refractivity contribution in [1.82, 2.24) is 34.3 Å². The van der Waals surface area contributed by atoms with Crippen LogP contribution in [0.3, 0.4) is 0 Å². The Bertz CT molecular complexity index is 1570. The number of hydrogen-bond acceptors (Lipinski definition) is 6. The molecule has 0 fully saturated rings. The molecule has 0 aliphatic carbocycles. The van der Waals surface area contributed by atoms with Gasteiger partial charge in [-0.25, -0.2) is 28.2 Å². The van der Waals surface area contributed by atoms with E-state index in [1.165, 1.54) is 10.6 Å². The van der Waals surface area contributed by atoms with E-state index >= 15 is 0 Å². The van der Waals surface area contributed by atoms with Crippen molar-refractivity contribution in [2.24, 2.45) is 7.05 Å². The van der Waals surface area contributed by atoms with Gasteiger partial charge in [-0.3, -0.25) is 4.68 Å². The van der Waals surface area contributed by atoms with Gasteiger partial charge < -0.3 is 5.73 Å². The van der Waals surface area contributed by atoms with Crippen LogP contribution in [0.2, 0.25) is 5.02 Å². The Labute approximate surface area is 198 Å². The first-order valence-corrected chi connectivity index (χ1v) is 10.7. The molecule has 0 bridgehead atoms. The van der Waals surface area contributed by atoms with Gasteiger partial charge in [-0.05, 0) is 38.1 Å². The van der Waals surface area contributed by atoms with Gasteiger partial charge in [-0.15, -0.1) is 0 Å². The third-order valence-electron chi connectivity index (χ3n) is 5.76. The van der Waals surface area contributed by atoms with E-state index in [0.717, 1.165) is 23.0 Å². The minimum absolute atomic E-state index is 0.168. The van der Waals surface area contributed by atoms with Crippen LogP contribution in [0.5, 0.6) is 0 Å². The summed E-state index contributed by atoms with van der Waals surface area (Å²) < 4.78 is 32.2. The van der Waals surface area contributed by atoms with Gasteiger partial charge in [-0.2, -0.15) is 10.2 Å². The molecule has 0 spiro atoms. The molecule has 5 rings (SSSR count). The summed E-state index contributed by atoms with van der Waals surface area (Å²) in [5, 5.41) is 8.55. The molecule has 4 heterocycles. The highest BCUT2D eigenvalue weighted by Gasteiger charge is 2.22. The van der Waals surface area contributed by atoms with Crippen molar-refractivity contribution < 1.29 is 8.78 Å². The van der Waals surface area contributed by atoms with Gasteiger partial charge in [0.05, 0.1) is 16.2 Å². The maximum atomic E-state index is 14.5. The molecule has 0 aliphatic heterocycles. The highest BCUT2D eigenvalue weighted by atomic mass is 35.5. The lowest BCUT2D eigenvalue weighted by molar-refractivity contribution is 0.558. The molecule has 8 nitrogen and oxygen atoms in total. The summed E-state index contributed by atoms with van der Waals surface area (Å²) in [7, 11) is 1.86. The molecule has 172 valence electrons. The fourth-order valence-corrected chi connectivity index (χ4v) is 4.20. The molecule has 0 saturated carbocycles. The molecule has 0 saturated heterocycles. The summed E-state index contributed by atoms with van der Waals surface area (Å²) in [5.74, 6) is -0.714. The number of hydrogen-bond donors (Lipinski definition) is 1. The SMILES string of the molecule is Cc1nn(C)c(C)c1-c1cnc(-c2nc(Cc3c(F)ccc(Cl)c3F)n3ncccc23)nc1N. The summed E-state index contributed by atoms with van der Waals surface area (Å²) in [4.78, 5) is 13.6. The maximum Gasteiger partial charge on any atom is 0.182 e. The molecule has 34 heavy (non-hydrogen) atoms. The molecule has 0 amide bonds. The third kappa shape index (κ3) is 3.47.